The normalized spacial score (nSPS) is 10.6. The van der Waals surface area contributed by atoms with Crippen molar-refractivity contribution in [3.05, 3.63) is 48.3 Å². The summed E-state index contributed by atoms with van der Waals surface area (Å²) in [4.78, 5) is 18.4. The van der Waals surface area contributed by atoms with E-state index in [1.165, 1.54) is 11.8 Å². The van der Waals surface area contributed by atoms with E-state index in [9.17, 15) is 4.79 Å². The third-order valence-electron chi connectivity index (χ3n) is 4.19. The third kappa shape index (κ3) is 5.26. The van der Waals surface area contributed by atoms with Crippen LogP contribution >= 0.6 is 11.8 Å². The maximum absolute atomic E-state index is 12.7. The Bertz CT molecular complexity index is 949. The van der Waals surface area contributed by atoms with E-state index in [2.05, 4.69) is 15.2 Å². The second-order valence-electron chi connectivity index (χ2n) is 6.00. The van der Waals surface area contributed by atoms with Gasteiger partial charge in [0.1, 0.15) is 0 Å². The van der Waals surface area contributed by atoms with Gasteiger partial charge in [-0.3, -0.25) is 9.78 Å². The van der Waals surface area contributed by atoms with Crippen LogP contribution < -0.4 is 9.47 Å². The van der Waals surface area contributed by atoms with Crippen molar-refractivity contribution in [1.82, 2.24) is 20.1 Å². The molecular formula is C20H22N4O4S. The standard InChI is InChI=1S/C20H22N4O4S/c1-4-24(12-14-7-8-16(26-2)17(10-14)27-3)18(25)13-29-20-23-22-19(28-20)15-6-5-9-21-11-15/h5-11H,4,12-13H2,1-3H3. The van der Waals surface area contributed by atoms with Crippen LogP contribution in [-0.4, -0.2) is 52.5 Å². The van der Waals surface area contributed by atoms with Gasteiger partial charge < -0.3 is 18.8 Å². The van der Waals surface area contributed by atoms with E-state index in [1.54, 1.807) is 37.6 Å². The summed E-state index contributed by atoms with van der Waals surface area (Å²) in [6.07, 6.45) is 3.32. The third-order valence-corrected chi connectivity index (χ3v) is 4.99. The molecule has 0 spiro atoms. The lowest BCUT2D eigenvalue weighted by atomic mass is 10.2. The highest BCUT2D eigenvalue weighted by Gasteiger charge is 2.16. The van der Waals surface area contributed by atoms with Gasteiger partial charge >= 0.3 is 0 Å². The number of methoxy groups -OCH3 is 2. The lowest BCUT2D eigenvalue weighted by Crippen LogP contribution is -2.31. The first kappa shape index (κ1) is 20.7. The van der Waals surface area contributed by atoms with Gasteiger partial charge in [-0.2, -0.15) is 0 Å². The van der Waals surface area contributed by atoms with Crippen LogP contribution in [0.3, 0.4) is 0 Å². The molecule has 0 saturated heterocycles. The Kier molecular flexibility index (Phi) is 7.07. The van der Waals surface area contributed by atoms with Crippen LogP contribution in [0.4, 0.5) is 0 Å². The zero-order chi connectivity index (χ0) is 20.6. The molecule has 0 aliphatic rings. The molecule has 0 unspecified atom stereocenters. The smallest absolute Gasteiger partial charge is 0.277 e. The lowest BCUT2D eigenvalue weighted by molar-refractivity contribution is -0.128. The van der Waals surface area contributed by atoms with E-state index < -0.39 is 0 Å². The molecule has 29 heavy (non-hydrogen) atoms. The van der Waals surface area contributed by atoms with Crippen LogP contribution in [0.5, 0.6) is 11.5 Å². The number of hydrogen-bond donors (Lipinski definition) is 0. The van der Waals surface area contributed by atoms with Crippen molar-refractivity contribution >= 4 is 17.7 Å². The summed E-state index contributed by atoms with van der Waals surface area (Å²) in [6.45, 7) is 3.00. The molecule has 2 heterocycles. The minimum absolute atomic E-state index is 0.0200. The molecule has 0 radical (unpaired) electrons. The molecule has 0 bridgehead atoms. The lowest BCUT2D eigenvalue weighted by Gasteiger charge is -2.21. The molecule has 9 heteroatoms. The van der Waals surface area contributed by atoms with Gasteiger partial charge in [-0.15, -0.1) is 10.2 Å². The minimum Gasteiger partial charge on any atom is -0.493 e. The molecule has 152 valence electrons. The monoisotopic (exact) mass is 414 g/mol. The SMILES string of the molecule is CCN(Cc1ccc(OC)c(OC)c1)C(=O)CSc1nnc(-c2cccnc2)o1. The van der Waals surface area contributed by atoms with Crippen molar-refractivity contribution in [3.63, 3.8) is 0 Å². The van der Waals surface area contributed by atoms with Crippen LogP contribution in [0.15, 0.2) is 52.4 Å². The number of ether oxygens (including phenoxy) is 2. The molecule has 0 aliphatic carbocycles. The fraction of sp³-hybridized carbons (Fsp3) is 0.300. The maximum atomic E-state index is 12.7. The van der Waals surface area contributed by atoms with Crippen molar-refractivity contribution in [2.75, 3.05) is 26.5 Å². The number of benzene rings is 1. The highest BCUT2D eigenvalue weighted by Crippen LogP contribution is 2.28. The Balaban J connectivity index is 1.60. The van der Waals surface area contributed by atoms with Crippen molar-refractivity contribution in [3.8, 4) is 23.0 Å². The molecule has 0 atom stereocenters. The average Bonchev–Trinajstić information content (AvgIpc) is 3.25. The van der Waals surface area contributed by atoms with Crippen LogP contribution in [0.25, 0.3) is 11.5 Å². The predicted octanol–water partition coefficient (Wildman–Crippen LogP) is 3.29. The number of carbonyl (C=O) groups is 1. The topological polar surface area (TPSA) is 90.6 Å². The highest BCUT2D eigenvalue weighted by molar-refractivity contribution is 7.99. The van der Waals surface area contributed by atoms with Gasteiger partial charge in [-0.25, -0.2) is 0 Å². The first-order valence-electron chi connectivity index (χ1n) is 9.00. The number of aromatic nitrogens is 3. The fourth-order valence-electron chi connectivity index (χ4n) is 2.66. The van der Waals surface area contributed by atoms with Crippen molar-refractivity contribution in [2.24, 2.45) is 0 Å². The number of amides is 1. The molecule has 2 aromatic heterocycles. The summed E-state index contributed by atoms with van der Waals surface area (Å²) in [5.74, 6) is 1.85. The molecule has 3 aromatic rings. The maximum Gasteiger partial charge on any atom is 0.277 e. The Labute approximate surface area is 173 Å². The zero-order valence-corrected chi connectivity index (χ0v) is 17.3. The summed E-state index contributed by atoms with van der Waals surface area (Å²) in [5.41, 5.74) is 1.70. The molecule has 0 saturated carbocycles. The molecule has 3 rings (SSSR count). The van der Waals surface area contributed by atoms with Crippen LogP contribution in [-0.2, 0) is 11.3 Å². The first-order valence-corrected chi connectivity index (χ1v) is 9.98. The highest BCUT2D eigenvalue weighted by atomic mass is 32.2. The van der Waals surface area contributed by atoms with E-state index in [0.29, 0.717) is 35.7 Å². The van der Waals surface area contributed by atoms with Gasteiger partial charge in [-0.05, 0) is 36.8 Å². The summed E-state index contributed by atoms with van der Waals surface area (Å²) in [7, 11) is 3.18. The predicted molar refractivity (Wildman–Crippen MR) is 109 cm³/mol. The minimum atomic E-state index is -0.0200. The van der Waals surface area contributed by atoms with Gasteiger partial charge in [0, 0.05) is 25.5 Å². The second-order valence-corrected chi connectivity index (χ2v) is 6.93. The number of hydrogen-bond acceptors (Lipinski definition) is 8. The summed E-state index contributed by atoms with van der Waals surface area (Å²) >= 11 is 1.22. The van der Waals surface area contributed by atoms with Crippen LogP contribution in [0.2, 0.25) is 0 Å². The fourth-order valence-corrected chi connectivity index (χ4v) is 3.33. The van der Waals surface area contributed by atoms with E-state index in [1.807, 2.05) is 31.2 Å². The Morgan fingerprint density at radius 1 is 1.17 bits per heavy atom. The number of thioether (sulfide) groups is 1. The zero-order valence-electron chi connectivity index (χ0n) is 16.5. The first-order chi connectivity index (χ1) is 14.1. The van der Waals surface area contributed by atoms with E-state index >= 15 is 0 Å². The van der Waals surface area contributed by atoms with Crippen molar-refractivity contribution < 1.29 is 18.7 Å². The molecule has 0 N–H and O–H groups in total. The van der Waals surface area contributed by atoms with Gasteiger partial charge in [0.15, 0.2) is 11.5 Å². The average molecular weight is 414 g/mol. The number of carbonyl (C=O) groups excluding carboxylic acids is 1. The number of nitrogens with zero attached hydrogens (tertiary/aromatic N) is 4. The Morgan fingerprint density at radius 2 is 2.00 bits per heavy atom. The van der Waals surface area contributed by atoms with Gasteiger partial charge in [0.05, 0.1) is 25.5 Å². The molecule has 8 nitrogen and oxygen atoms in total. The van der Waals surface area contributed by atoms with Crippen molar-refractivity contribution in [2.45, 2.75) is 18.7 Å². The summed E-state index contributed by atoms with van der Waals surface area (Å²) in [5, 5.41) is 8.34. The number of pyridine rings is 1. The number of rotatable bonds is 9. The molecule has 0 aliphatic heterocycles. The van der Waals surface area contributed by atoms with E-state index in [0.717, 1.165) is 11.1 Å². The van der Waals surface area contributed by atoms with Gasteiger partial charge in [0.25, 0.3) is 5.22 Å². The van der Waals surface area contributed by atoms with E-state index in [4.69, 9.17) is 13.9 Å². The molecule has 0 fully saturated rings. The van der Waals surface area contributed by atoms with Crippen molar-refractivity contribution in [1.29, 1.82) is 0 Å². The molecule has 1 amide bonds. The summed E-state index contributed by atoms with van der Waals surface area (Å²) in [6, 6.07) is 9.26. The summed E-state index contributed by atoms with van der Waals surface area (Å²) < 4.78 is 16.2. The van der Waals surface area contributed by atoms with E-state index in [-0.39, 0.29) is 11.7 Å². The molecule has 1 aromatic carbocycles. The van der Waals surface area contributed by atoms with Crippen LogP contribution in [0, 0.1) is 0 Å². The quantitative estimate of drug-likeness (QED) is 0.493. The van der Waals surface area contributed by atoms with Gasteiger partial charge in [-0.1, -0.05) is 17.8 Å². The largest absolute Gasteiger partial charge is 0.493 e. The van der Waals surface area contributed by atoms with Crippen LogP contribution in [0.1, 0.15) is 12.5 Å². The Hall–Kier alpha value is -3.07. The molecular weight excluding hydrogens is 392 g/mol. The Morgan fingerprint density at radius 3 is 2.69 bits per heavy atom. The second kappa shape index (κ2) is 9.92. The van der Waals surface area contributed by atoms with Gasteiger partial charge in [0.2, 0.25) is 11.8 Å².